The van der Waals surface area contributed by atoms with Gasteiger partial charge in [0, 0.05) is 0 Å². The topological polar surface area (TPSA) is 101 Å². The van der Waals surface area contributed by atoms with Crippen LogP contribution in [0.15, 0.2) is 0 Å². The molecule has 1 heterocycles. The Kier molecular flexibility index (Phi) is 4.60. The molecule has 7 heteroatoms. The van der Waals surface area contributed by atoms with Gasteiger partial charge >= 0.3 is 5.97 Å². The number of aliphatic carboxylic acids is 1. The minimum Gasteiger partial charge on any atom is -0.480 e. The van der Waals surface area contributed by atoms with Crippen LogP contribution in [0.1, 0.15) is 40.0 Å². The van der Waals surface area contributed by atoms with Crippen molar-refractivity contribution in [1.29, 1.82) is 0 Å². The van der Waals surface area contributed by atoms with E-state index in [0.29, 0.717) is 12.8 Å². The molecule has 0 radical (unpaired) electrons. The molecule has 1 amide bonds. The molecule has 6 nitrogen and oxygen atoms in total. The van der Waals surface area contributed by atoms with Gasteiger partial charge in [0.25, 0.3) is 0 Å². The standard InChI is InChI=1S/C12H21NO5S/c1-12(2,3)9(11(15)16)13-10(14)8-6-4-5-7-19(8,17)18/h8-9H,4-7H2,1-3H3,(H,13,14)(H,15,16). The number of carbonyl (C=O) groups is 2. The summed E-state index contributed by atoms with van der Waals surface area (Å²) in [5.41, 5.74) is -0.681. The highest BCUT2D eigenvalue weighted by atomic mass is 32.2. The van der Waals surface area contributed by atoms with E-state index in [1.807, 2.05) is 0 Å². The Bertz CT molecular complexity index is 463. The number of carboxylic acids is 1. The van der Waals surface area contributed by atoms with Gasteiger partial charge in [-0.05, 0) is 18.3 Å². The van der Waals surface area contributed by atoms with Crippen molar-refractivity contribution in [3.05, 3.63) is 0 Å². The summed E-state index contributed by atoms with van der Waals surface area (Å²) >= 11 is 0. The van der Waals surface area contributed by atoms with Crippen molar-refractivity contribution in [2.45, 2.75) is 51.3 Å². The Labute approximate surface area is 113 Å². The van der Waals surface area contributed by atoms with E-state index in [9.17, 15) is 18.0 Å². The summed E-state index contributed by atoms with van der Waals surface area (Å²) in [6.45, 7) is 5.05. The molecule has 19 heavy (non-hydrogen) atoms. The molecule has 1 aliphatic rings. The molecule has 0 aromatic carbocycles. The first-order valence-electron chi connectivity index (χ1n) is 6.30. The fraction of sp³-hybridized carbons (Fsp3) is 0.833. The van der Waals surface area contributed by atoms with Crippen molar-refractivity contribution in [3.8, 4) is 0 Å². The number of carboxylic acid groups (broad SMARTS) is 1. The highest BCUT2D eigenvalue weighted by Crippen LogP contribution is 2.23. The third-order valence-corrected chi connectivity index (χ3v) is 5.45. The summed E-state index contributed by atoms with van der Waals surface area (Å²) < 4.78 is 23.6. The minimum absolute atomic E-state index is 0.00164. The van der Waals surface area contributed by atoms with Gasteiger partial charge in [-0.3, -0.25) is 4.79 Å². The summed E-state index contributed by atoms with van der Waals surface area (Å²) in [5.74, 6) is -1.85. The molecule has 110 valence electrons. The van der Waals surface area contributed by atoms with Crippen LogP contribution in [-0.2, 0) is 19.4 Å². The van der Waals surface area contributed by atoms with Gasteiger partial charge in [0.15, 0.2) is 9.84 Å². The third kappa shape index (κ3) is 3.92. The van der Waals surface area contributed by atoms with E-state index in [-0.39, 0.29) is 12.2 Å². The fourth-order valence-electron chi connectivity index (χ4n) is 2.13. The molecule has 0 aromatic heterocycles. The SMILES string of the molecule is CC(C)(C)C(NC(=O)C1CCCCS1(=O)=O)C(=O)O. The van der Waals surface area contributed by atoms with E-state index >= 15 is 0 Å². The lowest BCUT2D eigenvalue weighted by atomic mass is 9.86. The van der Waals surface area contributed by atoms with Crippen molar-refractivity contribution >= 4 is 21.7 Å². The van der Waals surface area contributed by atoms with Crippen LogP contribution in [0.3, 0.4) is 0 Å². The van der Waals surface area contributed by atoms with Crippen LogP contribution in [0, 0.1) is 5.41 Å². The second kappa shape index (κ2) is 5.48. The average molecular weight is 291 g/mol. The number of amides is 1. The molecule has 0 bridgehead atoms. The third-order valence-electron chi connectivity index (χ3n) is 3.27. The minimum atomic E-state index is -3.44. The quantitative estimate of drug-likeness (QED) is 0.791. The number of carbonyl (C=O) groups excluding carboxylic acids is 1. The number of hydrogen-bond acceptors (Lipinski definition) is 4. The lowest BCUT2D eigenvalue weighted by molar-refractivity contribution is -0.144. The number of hydrogen-bond donors (Lipinski definition) is 2. The lowest BCUT2D eigenvalue weighted by Gasteiger charge is -2.30. The van der Waals surface area contributed by atoms with E-state index in [1.165, 1.54) is 0 Å². The summed E-state index contributed by atoms with van der Waals surface area (Å²) in [6, 6.07) is -1.10. The van der Waals surface area contributed by atoms with E-state index in [2.05, 4.69) is 5.32 Å². The van der Waals surface area contributed by atoms with E-state index in [1.54, 1.807) is 20.8 Å². The molecular formula is C12H21NO5S. The smallest absolute Gasteiger partial charge is 0.326 e. The molecule has 0 aromatic rings. The van der Waals surface area contributed by atoms with Crippen LogP contribution in [0.25, 0.3) is 0 Å². The second-order valence-electron chi connectivity index (χ2n) is 6.00. The Morgan fingerprint density at radius 1 is 1.26 bits per heavy atom. The van der Waals surface area contributed by atoms with E-state index in [0.717, 1.165) is 0 Å². The monoisotopic (exact) mass is 291 g/mol. The van der Waals surface area contributed by atoms with Crippen LogP contribution < -0.4 is 5.32 Å². The molecule has 0 aliphatic carbocycles. The van der Waals surface area contributed by atoms with Crippen molar-refractivity contribution in [2.75, 3.05) is 5.75 Å². The maximum atomic E-state index is 12.0. The zero-order chi connectivity index (χ0) is 14.8. The van der Waals surface area contributed by atoms with E-state index < -0.39 is 38.4 Å². The van der Waals surface area contributed by atoms with Gasteiger partial charge < -0.3 is 10.4 Å². The van der Waals surface area contributed by atoms with Crippen LogP contribution in [0.2, 0.25) is 0 Å². The molecule has 2 unspecified atom stereocenters. The van der Waals surface area contributed by atoms with Gasteiger partial charge in [-0.2, -0.15) is 0 Å². The predicted octanol–water partition coefficient (Wildman–Crippen LogP) is 0.569. The Balaban J connectivity index is 2.86. The van der Waals surface area contributed by atoms with Crippen molar-refractivity contribution in [1.82, 2.24) is 5.32 Å². The maximum absolute atomic E-state index is 12.0. The van der Waals surface area contributed by atoms with Crippen molar-refractivity contribution in [2.24, 2.45) is 5.41 Å². The van der Waals surface area contributed by atoms with Gasteiger partial charge in [-0.25, -0.2) is 13.2 Å². The molecule has 0 spiro atoms. The normalized spacial score (nSPS) is 24.5. The van der Waals surface area contributed by atoms with Gasteiger partial charge in [0.2, 0.25) is 5.91 Å². The number of sulfone groups is 1. The molecular weight excluding hydrogens is 270 g/mol. The molecule has 1 fully saturated rings. The molecule has 2 atom stereocenters. The van der Waals surface area contributed by atoms with Gasteiger partial charge in [-0.1, -0.05) is 27.2 Å². The Morgan fingerprint density at radius 2 is 1.84 bits per heavy atom. The Morgan fingerprint density at radius 3 is 2.26 bits per heavy atom. The number of rotatable bonds is 3. The summed E-state index contributed by atoms with van der Waals surface area (Å²) in [7, 11) is -3.44. The van der Waals surface area contributed by atoms with Gasteiger partial charge in [0.05, 0.1) is 5.75 Å². The van der Waals surface area contributed by atoms with Gasteiger partial charge in [-0.15, -0.1) is 0 Å². The highest BCUT2D eigenvalue weighted by Gasteiger charge is 2.39. The zero-order valence-corrected chi connectivity index (χ0v) is 12.3. The summed E-state index contributed by atoms with van der Waals surface area (Å²) in [6.07, 6.45) is 1.50. The second-order valence-corrected chi connectivity index (χ2v) is 8.30. The fourth-order valence-corrected chi connectivity index (χ4v) is 3.94. The molecule has 1 rings (SSSR count). The molecule has 1 aliphatic heterocycles. The average Bonchev–Trinajstić information content (AvgIpc) is 2.22. The summed E-state index contributed by atoms with van der Waals surface area (Å²) in [5, 5.41) is 10.4. The van der Waals surface area contributed by atoms with E-state index in [4.69, 9.17) is 5.11 Å². The van der Waals surface area contributed by atoms with Crippen LogP contribution in [0.4, 0.5) is 0 Å². The van der Waals surface area contributed by atoms with Crippen LogP contribution >= 0.6 is 0 Å². The number of nitrogens with one attached hydrogen (secondary N) is 1. The summed E-state index contributed by atoms with van der Waals surface area (Å²) in [4.78, 5) is 23.2. The molecule has 0 saturated carbocycles. The maximum Gasteiger partial charge on any atom is 0.326 e. The van der Waals surface area contributed by atoms with Crippen LogP contribution in [0.5, 0.6) is 0 Å². The molecule has 1 saturated heterocycles. The Hall–Kier alpha value is -1.11. The molecule has 2 N–H and O–H groups in total. The van der Waals surface area contributed by atoms with Crippen molar-refractivity contribution < 1.29 is 23.1 Å². The predicted molar refractivity (Wildman–Crippen MR) is 70.4 cm³/mol. The first-order valence-corrected chi connectivity index (χ1v) is 8.02. The van der Waals surface area contributed by atoms with Gasteiger partial charge in [0.1, 0.15) is 11.3 Å². The van der Waals surface area contributed by atoms with Crippen molar-refractivity contribution in [3.63, 3.8) is 0 Å². The van der Waals surface area contributed by atoms with Crippen LogP contribution in [-0.4, -0.2) is 42.4 Å². The first kappa shape index (κ1) is 15.9. The first-order chi connectivity index (χ1) is 8.55. The zero-order valence-electron chi connectivity index (χ0n) is 11.5. The lowest BCUT2D eigenvalue weighted by Crippen LogP contribution is -2.54. The highest BCUT2D eigenvalue weighted by molar-refractivity contribution is 7.92. The largest absolute Gasteiger partial charge is 0.480 e.